The number of carbonyl (C=O) groups is 1. The van der Waals surface area contributed by atoms with Crippen molar-refractivity contribution in [3.05, 3.63) is 40.9 Å². The van der Waals surface area contributed by atoms with Gasteiger partial charge in [-0.05, 0) is 25.0 Å². The molecular weight excluding hydrogens is 405 g/mol. The van der Waals surface area contributed by atoms with E-state index in [0.29, 0.717) is 42.6 Å². The van der Waals surface area contributed by atoms with Crippen LogP contribution >= 0.6 is 11.3 Å². The van der Waals surface area contributed by atoms with Crippen LogP contribution in [0.2, 0.25) is 0 Å². The van der Waals surface area contributed by atoms with Crippen molar-refractivity contribution in [1.82, 2.24) is 9.88 Å². The molecule has 2 aromatic rings. The minimum absolute atomic E-state index is 0.00281. The fourth-order valence-corrected chi connectivity index (χ4v) is 4.52. The topological polar surface area (TPSA) is 51.7 Å². The van der Waals surface area contributed by atoms with Crippen LogP contribution in [0.3, 0.4) is 0 Å². The molecule has 0 aliphatic carbocycles. The van der Waals surface area contributed by atoms with Crippen LogP contribution in [0.15, 0.2) is 29.6 Å². The fraction of sp³-hybridized carbons (Fsp3) is 0.500. The summed E-state index contributed by atoms with van der Waals surface area (Å²) in [6.07, 6.45) is -2.52. The lowest BCUT2D eigenvalue weighted by Gasteiger charge is -2.34. The van der Waals surface area contributed by atoms with E-state index in [4.69, 9.17) is 9.47 Å². The number of alkyl halides is 3. The van der Waals surface area contributed by atoms with Crippen molar-refractivity contribution in [3.63, 3.8) is 0 Å². The quantitative estimate of drug-likeness (QED) is 0.742. The van der Waals surface area contributed by atoms with Crippen molar-refractivity contribution >= 4 is 17.2 Å². The molecule has 1 amide bonds. The Hall–Kier alpha value is -1.97. The number of amides is 1. The maximum Gasteiger partial charge on any atom is 0.416 e. The van der Waals surface area contributed by atoms with Crippen LogP contribution in [0.5, 0.6) is 0 Å². The van der Waals surface area contributed by atoms with Gasteiger partial charge >= 0.3 is 6.18 Å². The molecule has 29 heavy (non-hydrogen) atoms. The van der Waals surface area contributed by atoms with Gasteiger partial charge in [-0.25, -0.2) is 4.98 Å². The summed E-state index contributed by atoms with van der Waals surface area (Å²) in [6, 6.07) is 4.90. The first-order chi connectivity index (χ1) is 13.9. The number of hydrogen-bond acceptors (Lipinski definition) is 5. The number of aromatic nitrogens is 1. The first kappa shape index (κ1) is 20.3. The molecule has 0 bridgehead atoms. The van der Waals surface area contributed by atoms with Crippen molar-refractivity contribution in [2.24, 2.45) is 5.92 Å². The number of benzene rings is 1. The van der Waals surface area contributed by atoms with E-state index in [2.05, 4.69) is 4.98 Å². The second-order valence-corrected chi connectivity index (χ2v) is 8.11. The van der Waals surface area contributed by atoms with E-state index < -0.39 is 11.7 Å². The Morgan fingerprint density at radius 1 is 1.21 bits per heavy atom. The molecule has 1 atom stereocenters. The second-order valence-electron chi connectivity index (χ2n) is 7.25. The Bertz CT molecular complexity index is 847. The van der Waals surface area contributed by atoms with Gasteiger partial charge in [0.15, 0.2) is 6.29 Å². The van der Waals surface area contributed by atoms with Crippen LogP contribution in [0, 0.1) is 5.92 Å². The number of rotatable bonds is 4. The van der Waals surface area contributed by atoms with E-state index in [-0.39, 0.29) is 24.5 Å². The highest BCUT2D eigenvalue weighted by Crippen LogP contribution is 2.32. The molecule has 0 radical (unpaired) electrons. The molecule has 0 N–H and O–H groups in total. The van der Waals surface area contributed by atoms with Crippen LogP contribution < -0.4 is 0 Å². The molecule has 2 fully saturated rings. The Labute approximate surface area is 170 Å². The summed E-state index contributed by atoms with van der Waals surface area (Å²) in [4.78, 5) is 19.0. The fourth-order valence-electron chi connectivity index (χ4n) is 3.70. The molecule has 2 aliphatic rings. The smallest absolute Gasteiger partial charge is 0.350 e. The monoisotopic (exact) mass is 426 g/mol. The third kappa shape index (κ3) is 4.79. The molecule has 1 unspecified atom stereocenters. The van der Waals surface area contributed by atoms with Crippen LogP contribution in [0.4, 0.5) is 13.2 Å². The summed E-state index contributed by atoms with van der Waals surface area (Å²) >= 11 is 1.32. The van der Waals surface area contributed by atoms with Gasteiger partial charge in [0.05, 0.1) is 30.9 Å². The molecule has 2 saturated heterocycles. The number of thiazole rings is 1. The lowest BCUT2D eigenvalue weighted by atomic mass is 9.97. The first-order valence-corrected chi connectivity index (χ1v) is 10.4. The molecule has 0 spiro atoms. The molecule has 1 aromatic carbocycles. The SMILES string of the molecule is O=C(Cc1csc(-c2ccc(C(F)(F)F)cc2)n1)N1CCCC(C2OCCO2)C1. The Balaban J connectivity index is 1.37. The Morgan fingerprint density at radius 3 is 2.62 bits per heavy atom. The van der Waals surface area contributed by atoms with Gasteiger partial charge in [0.25, 0.3) is 0 Å². The average Bonchev–Trinajstić information content (AvgIpc) is 3.40. The molecule has 156 valence electrons. The number of halogens is 3. The largest absolute Gasteiger partial charge is 0.416 e. The minimum Gasteiger partial charge on any atom is -0.350 e. The van der Waals surface area contributed by atoms with Gasteiger partial charge in [0, 0.05) is 30.0 Å². The summed E-state index contributed by atoms with van der Waals surface area (Å²) in [5, 5.41) is 2.39. The van der Waals surface area contributed by atoms with E-state index >= 15 is 0 Å². The summed E-state index contributed by atoms with van der Waals surface area (Å²) in [5.74, 6) is 0.185. The third-order valence-corrected chi connectivity index (χ3v) is 6.13. The lowest BCUT2D eigenvalue weighted by molar-refractivity contribution is -0.139. The Kier molecular flexibility index (Phi) is 5.89. The van der Waals surface area contributed by atoms with Crippen LogP contribution in [0.25, 0.3) is 10.6 Å². The molecular formula is C20H21F3N2O3S. The van der Waals surface area contributed by atoms with Gasteiger partial charge in [-0.15, -0.1) is 11.3 Å². The van der Waals surface area contributed by atoms with Gasteiger partial charge in [-0.2, -0.15) is 13.2 Å². The van der Waals surface area contributed by atoms with Gasteiger partial charge in [-0.1, -0.05) is 12.1 Å². The summed E-state index contributed by atoms with van der Waals surface area (Å²) in [7, 11) is 0. The summed E-state index contributed by atoms with van der Waals surface area (Å²) < 4.78 is 49.3. The predicted molar refractivity (Wildman–Crippen MR) is 101 cm³/mol. The van der Waals surface area contributed by atoms with Gasteiger partial charge < -0.3 is 14.4 Å². The van der Waals surface area contributed by atoms with E-state index in [9.17, 15) is 18.0 Å². The van der Waals surface area contributed by atoms with Crippen LogP contribution in [0.1, 0.15) is 24.1 Å². The van der Waals surface area contributed by atoms with Crippen LogP contribution in [-0.4, -0.2) is 48.4 Å². The highest BCUT2D eigenvalue weighted by Gasteiger charge is 2.33. The molecule has 2 aliphatic heterocycles. The number of ether oxygens (including phenoxy) is 2. The van der Waals surface area contributed by atoms with Crippen molar-refractivity contribution in [3.8, 4) is 10.6 Å². The zero-order valence-corrected chi connectivity index (χ0v) is 16.5. The second kappa shape index (κ2) is 8.41. The molecule has 1 aromatic heterocycles. The van der Waals surface area contributed by atoms with E-state index in [1.54, 1.807) is 5.38 Å². The van der Waals surface area contributed by atoms with Gasteiger partial charge in [0.1, 0.15) is 5.01 Å². The number of carbonyl (C=O) groups excluding carboxylic acids is 1. The third-order valence-electron chi connectivity index (χ3n) is 5.19. The summed E-state index contributed by atoms with van der Waals surface area (Å²) in [6.45, 7) is 2.51. The van der Waals surface area contributed by atoms with Crippen LogP contribution in [-0.2, 0) is 26.9 Å². The summed E-state index contributed by atoms with van der Waals surface area (Å²) in [5.41, 5.74) is 0.545. The van der Waals surface area contributed by atoms with Crippen molar-refractivity contribution in [2.45, 2.75) is 31.7 Å². The zero-order chi connectivity index (χ0) is 20.4. The molecule has 0 saturated carbocycles. The standard InChI is InChI=1S/C20H21F3N2O3S/c21-20(22,23)15-5-3-13(4-6-15)18-24-16(12-29-18)10-17(26)25-7-1-2-14(11-25)19-27-8-9-28-19/h3-6,12,14,19H,1-2,7-11H2. The highest BCUT2D eigenvalue weighted by molar-refractivity contribution is 7.13. The van der Waals surface area contributed by atoms with Crippen molar-refractivity contribution < 1.29 is 27.4 Å². The van der Waals surface area contributed by atoms with E-state index in [1.165, 1.54) is 23.5 Å². The molecule has 4 rings (SSSR count). The van der Waals surface area contributed by atoms with Gasteiger partial charge in [-0.3, -0.25) is 4.79 Å². The predicted octanol–water partition coefficient (Wildman–Crippen LogP) is 3.98. The molecule has 3 heterocycles. The number of nitrogens with zero attached hydrogens (tertiary/aromatic N) is 2. The molecule has 9 heteroatoms. The van der Waals surface area contributed by atoms with Crippen molar-refractivity contribution in [1.29, 1.82) is 0 Å². The maximum atomic E-state index is 12.7. The number of likely N-dealkylation sites (tertiary alicyclic amines) is 1. The van der Waals surface area contributed by atoms with Crippen molar-refractivity contribution in [2.75, 3.05) is 26.3 Å². The number of piperidine rings is 1. The number of hydrogen-bond donors (Lipinski definition) is 0. The highest BCUT2D eigenvalue weighted by atomic mass is 32.1. The minimum atomic E-state index is -4.36. The normalized spacial score (nSPS) is 20.9. The van der Waals surface area contributed by atoms with Gasteiger partial charge in [0.2, 0.25) is 5.91 Å². The maximum absolute atomic E-state index is 12.7. The zero-order valence-electron chi connectivity index (χ0n) is 15.7. The molecule has 5 nitrogen and oxygen atoms in total. The Morgan fingerprint density at radius 2 is 1.93 bits per heavy atom. The van der Waals surface area contributed by atoms with E-state index in [0.717, 1.165) is 25.0 Å². The van der Waals surface area contributed by atoms with E-state index in [1.807, 2.05) is 4.90 Å². The lowest BCUT2D eigenvalue weighted by Crippen LogP contribution is -2.44. The first-order valence-electron chi connectivity index (χ1n) is 9.53. The average molecular weight is 426 g/mol.